The number of benzene rings is 2. The fourth-order valence-electron chi connectivity index (χ4n) is 2.24. The molecule has 2 N–H and O–H groups in total. The Balaban J connectivity index is 1.93. The van der Waals surface area contributed by atoms with Gasteiger partial charge in [-0.05, 0) is 62.2 Å². The van der Waals surface area contributed by atoms with E-state index in [2.05, 4.69) is 15.6 Å². The van der Waals surface area contributed by atoms with E-state index >= 15 is 0 Å². The molecule has 0 saturated carbocycles. The van der Waals surface area contributed by atoms with Gasteiger partial charge in [0, 0.05) is 5.56 Å². The standard InChI is InChI=1S/C20H22N2O5/c1-12-8-9-17(10-13(12)2)27-14(3)18(23)21-22-19(24)15-6-5-7-16(11-15)20(25)26-4/h5-11,14H,1-4H3,(H,21,23)(H,22,24). The molecule has 0 aromatic heterocycles. The highest BCUT2D eigenvalue weighted by Gasteiger charge is 2.17. The monoisotopic (exact) mass is 370 g/mol. The summed E-state index contributed by atoms with van der Waals surface area (Å²) in [6, 6.07) is 11.5. The molecule has 0 aliphatic carbocycles. The molecule has 142 valence electrons. The number of esters is 1. The van der Waals surface area contributed by atoms with Crippen molar-refractivity contribution < 1.29 is 23.9 Å². The highest BCUT2D eigenvalue weighted by atomic mass is 16.5. The van der Waals surface area contributed by atoms with E-state index in [4.69, 9.17) is 4.74 Å². The molecule has 7 heteroatoms. The first-order valence-corrected chi connectivity index (χ1v) is 8.34. The number of amides is 2. The van der Waals surface area contributed by atoms with Gasteiger partial charge in [0.2, 0.25) is 0 Å². The van der Waals surface area contributed by atoms with Crippen LogP contribution in [-0.4, -0.2) is 31.0 Å². The van der Waals surface area contributed by atoms with Crippen LogP contribution in [0.15, 0.2) is 42.5 Å². The maximum Gasteiger partial charge on any atom is 0.337 e. The van der Waals surface area contributed by atoms with E-state index in [1.165, 1.54) is 25.3 Å². The quantitative estimate of drug-likeness (QED) is 0.622. The summed E-state index contributed by atoms with van der Waals surface area (Å²) in [5.74, 6) is -1.06. The zero-order valence-electron chi connectivity index (χ0n) is 15.7. The van der Waals surface area contributed by atoms with Crippen molar-refractivity contribution >= 4 is 17.8 Å². The van der Waals surface area contributed by atoms with E-state index in [1.807, 2.05) is 26.0 Å². The molecule has 2 aromatic rings. The van der Waals surface area contributed by atoms with Crippen LogP contribution in [0.3, 0.4) is 0 Å². The molecule has 0 fully saturated rings. The summed E-state index contributed by atoms with van der Waals surface area (Å²) in [5, 5.41) is 0. The number of ether oxygens (including phenoxy) is 2. The van der Waals surface area contributed by atoms with E-state index in [0.717, 1.165) is 11.1 Å². The van der Waals surface area contributed by atoms with Crippen LogP contribution in [0.1, 0.15) is 38.8 Å². The van der Waals surface area contributed by atoms with Gasteiger partial charge in [-0.2, -0.15) is 0 Å². The van der Waals surface area contributed by atoms with Crippen LogP contribution in [0.2, 0.25) is 0 Å². The van der Waals surface area contributed by atoms with Gasteiger partial charge in [-0.1, -0.05) is 12.1 Å². The van der Waals surface area contributed by atoms with Crippen molar-refractivity contribution in [2.24, 2.45) is 0 Å². The van der Waals surface area contributed by atoms with Gasteiger partial charge in [0.15, 0.2) is 6.10 Å². The number of rotatable bonds is 5. The summed E-state index contributed by atoms with van der Waals surface area (Å²) in [7, 11) is 1.26. The van der Waals surface area contributed by atoms with Crippen molar-refractivity contribution in [3.63, 3.8) is 0 Å². The second-order valence-corrected chi connectivity index (χ2v) is 6.02. The molecule has 2 aromatic carbocycles. The summed E-state index contributed by atoms with van der Waals surface area (Å²) in [4.78, 5) is 35.8. The third kappa shape index (κ3) is 5.31. The molecule has 2 amide bonds. The number of aryl methyl sites for hydroxylation is 2. The average Bonchev–Trinajstić information content (AvgIpc) is 2.68. The predicted octanol–water partition coefficient (Wildman–Crippen LogP) is 2.32. The molecule has 0 heterocycles. The van der Waals surface area contributed by atoms with Crippen molar-refractivity contribution in [3.8, 4) is 5.75 Å². The first-order chi connectivity index (χ1) is 12.8. The largest absolute Gasteiger partial charge is 0.481 e. The van der Waals surface area contributed by atoms with Gasteiger partial charge in [0.05, 0.1) is 12.7 Å². The molecule has 1 unspecified atom stereocenters. The summed E-state index contributed by atoms with van der Waals surface area (Å²) < 4.78 is 10.2. The van der Waals surface area contributed by atoms with Crippen molar-refractivity contribution in [2.45, 2.75) is 26.9 Å². The van der Waals surface area contributed by atoms with Crippen molar-refractivity contribution in [3.05, 3.63) is 64.7 Å². The summed E-state index contributed by atoms with van der Waals surface area (Å²) in [6.45, 7) is 5.52. The summed E-state index contributed by atoms with van der Waals surface area (Å²) in [6.07, 6.45) is -0.811. The fraction of sp³-hybridized carbons (Fsp3) is 0.250. The number of hydrogen-bond donors (Lipinski definition) is 2. The second-order valence-electron chi connectivity index (χ2n) is 6.02. The highest BCUT2D eigenvalue weighted by Crippen LogP contribution is 2.17. The lowest BCUT2D eigenvalue weighted by atomic mass is 10.1. The predicted molar refractivity (Wildman–Crippen MR) is 99.4 cm³/mol. The molecule has 2 rings (SSSR count). The Morgan fingerprint density at radius 1 is 0.926 bits per heavy atom. The van der Waals surface area contributed by atoms with Crippen LogP contribution in [0.4, 0.5) is 0 Å². The first kappa shape index (κ1) is 20.0. The molecule has 0 aliphatic rings. The van der Waals surface area contributed by atoms with Crippen molar-refractivity contribution in [1.29, 1.82) is 0 Å². The van der Waals surface area contributed by atoms with Crippen LogP contribution >= 0.6 is 0 Å². The Kier molecular flexibility index (Phi) is 6.54. The molecule has 0 radical (unpaired) electrons. The Labute approximate surface area is 157 Å². The van der Waals surface area contributed by atoms with Crippen LogP contribution < -0.4 is 15.6 Å². The topological polar surface area (TPSA) is 93.7 Å². The third-order valence-corrected chi connectivity index (χ3v) is 4.01. The second kappa shape index (κ2) is 8.84. The van der Waals surface area contributed by atoms with Gasteiger partial charge in [-0.15, -0.1) is 0 Å². The smallest absolute Gasteiger partial charge is 0.337 e. The zero-order chi connectivity index (χ0) is 20.0. The maximum atomic E-state index is 12.2. The van der Waals surface area contributed by atoms with E-state index in [9.17, 15) is 14.4 Å². The van der Waals surface area contributed by atoms with Gasteiger partial charge in [-0.3, -0.25) is 20.4 Å². The van der Waals surface area contributed by atoms with E-state index in [-0.39, 0.29) is 11.1 Å². The van der Waals surface area contributed by atoms with Gasteiger partial charge in [-0.25, -0.2) is 4.79 Å². The number of nitrogens with one attached hydrogen (secondary N) is 2. The maximum absolute atomic E-state index is 12.2. The van der Waals surface area contributed by atoms with E-state index < -0.39 is 23.9 Å². The van der Waals surface area contributed by atoms with Gasteiger partial charge in [0.1, 0.15) is 5.75 Å². The molecular formula is C20H22N2O5. The Morgan fingerprint density at radius 2 is 1.63 bits per heavy atom. The van der Waals surface area contributed by atoms with Gasteiger partial charge < -0.3 is 9.47 Å². The number of methoxy groups -OCH3 is 1. The summed E-state index contributed by atoms with van der Waals surface area (Å²) >= 11 is 0. The Bertz CT molecular complexity index is 863. The Morgan fingerprint density at radius 3 is 2.30 bits per heavy atom. The van der Waals surface area contributed by atoms with E-state index in [1.54, 1.807) is 19.1 Å². The normalized spacial score (nSPS) is 11.3. The lowest BCUT2D eigenvalue weighted by Crippen LogP contribution is -2.47. The number of carbonyl (C=O) groups is 3. The third-order valence-electron chi connectivity index (χ3n) is 4.01. The average molecular weight is 370 g/mol. The van der Waals surface area contributed by atoms with Crippen LogP contribution in [-0.2, 0) is 9.53 Å². The number of hydrogen-bond acceptors (Lipinski definition) is 5. The molecule has 27 heavy (non-hydrogen) atoms. The molecule has 0 bridgehead atoms. The summed E-state index contributed by atoms with van der Waals surface area (Å²) in [5.41, 5.74) is 7.24. The van der Waals surface area contributed by atoms with Gasteiger partial charge >= 0.3 is 5.97 Å². The molecule has 7 nitrogen and oxygen atoms in total. The van der Waals surface area contributed by atoms with E-state index in [0.29, 0.717) is 5.75 Å². The minimum absolute atomic E-state index is 0.209. The lowest BCUT2D eigenvalue weighted by molar-refractivity contribution is -0.128. The van der Waals surface area contributed by atoms with Crippen LogP contribution in [0, 0.1) is 13.8 Å². The molecule has 0 saturated heterocycles. The molecule has 0 aliphatic heterocycles. The Hall–Kier alpha value is -3.35. The SMILES string of the molecule is COC(=O)c1cccc(C(=O)NNC(=O)C(C)Oc2ccc(C)c(C)c2)c1. The number of hydrazine groups is 1. The molecule has 0 spiro atoms. The minimum atomic E-state index is -0.811. The van der Waals surface area contributed by atoms with Crippen LogP contribution in [0.25, 0.3) is 0 Å². The van der Waals surface area contributed by atoms with Crippen molar-refractivity contribution in [2.75, 3.05) is 7.11 Å². The number of carbonyl (C=O) groups excluding carboxylic acids is 3. The fourth-order valence-corrected chi connectivity index (χ4v) is 2.24. The lowest BCUT2D eigenvalue weighted by Gasteiger charge is -2.16. The van der Waals surface area contributed by atoms with Crippen molar-refractivity contribution in [1.82, 2.24) is 10.9 Å². The molecule has 1 atom stereocenters. The molecular weight excluding hydrogens is 348 g/mol. The zero-order valence-corrected chi connectivity index (χ0v) is 15.7. The minimum Gasteiger partial charge on any atom is -0.481 e. The van der Waals surface area contributed by atoms with Gasteiger partial charge in [0.25, 0.3) is 11.8 Å². The highest BCUT2D eigenvalue weighted by molar-refractivity contribution is 5.98. The van der Waals surface area contributed by atoms with Crippen LogP contribution in [0.5, 0.6) is 5.75 Å². The first-order valence-electron chi connectivity index (χ1n) is 8.34.